The average Bonchev–Trinajstić information content (AvgIpc) is 2.64. The smallest absolute Gasteiger partial charge is 0.274 e. The molecule has 2 N–H and O–H groups in total. The molecule has 0 bridgehead atoms. The van der Waals surface area contributed by atoms with Crippen LogP contribution < -0.4 is 10.6 Å². The summed E-state index contributed by atoms with van der Waals surface area (Å²) in [6.07, 6.45) is 0.806. The van der Waals surface area contributed by atoms with E-state index >= 15 is 0 Å². The summed E-state index contributed by atoms with van der Waals surface area (Å²) in [7, 11) is 0. The minimum Gasteiger partial charge on any atom is -0.322 e. The second-order valence-electron chi connectivity index (χ2n) is 6.24. The van der Waals surface area contributed by atoms with Crippen LogP contribution in [0.2, 0.25) is 0 Å². The summed E-state index contributed by atoms with van der Waals surface area (Å²) in [5.74, 6) is -0.576. The van der Waals surface area contributed by atoms with E-state index in [2.05, 4.69) is 20.6 Å². The second-order valence-corrected chi connectivity index (χ2v) is 6.24. The van der Waals surface area contributed by atoms with Crippen LogP contribution in [0.15, 0.2) is 48.5 Å². The molecule has 0 atom stereocenters. The van der Waals surface area contributed by atoms with Crippen LogP contribution in [-0.2, 0) is 6.42 Å². The van der Waals surface area contributed by atoms with E-state index in [1.807, 2.05) is 32.0 Å². The highest BCUT2D eigenvalue weighted by Gasteiger charge is 2.14. The minimum atomic E-state index is -0.416. The van der Waals surface area contributed by atoms with Gasteiger partial charge in [0.2, 0.25) is 5.95 Å². The van der Waals surface area contributed by atoms with Crippen molar-refractivity contribution in [1.82, 2.24) is 9.97 Å². The second kappa shape index (κ2) is 7.95. The van der Waals surface area contributed by atoms with Crippen molar-refractivity contribution < 1.29 is 9.18 Å². The highest BCUT2D eigenvalue weighted by molar-refractivity contribution is 6.04. The van der Waals surface area contributed by atoms with Gasteiger partial charge in [0.25, 0.3) is 5.91 Å². The lowest BCUT2D eigenvalue weighted by Gasteiger charge is -2.13. The fourth-order valence-electron chi connectivity index (χ4n) is 2.80. The first-order valence-electron chi connectivity index (χ1n) is 8.75. The standard InChI is InChI=1S/C21H21FN4O/c1-4-15-9-7-8-13(2)19(15)26-20(27)18-12-14(3)23-21(25-18)24-17-11-6-5-10-16(17)22/h5-12H,4H2,1-3H3,(H,26,27)(H,23,24,25). The van der Waals surface area contributed by atoms with Crippen LogP contribution in [0.25, 0.3) is 0 Å². The lowest BCUT2D eigenvalue weighted by molar-refractivity contribution is 0.102. The van der Waals surface area contributed by atoms with Gasteiger partial charge in [-0.2, -0.15) is 0 Å². The molecule has 1 heterocycles. The number of halogens is 1. The quantitative estimate of drug-likeness (QED) is 0.683. The van der Waals surface area contributed by atoms with Crippen LogP contribution in [0.1, 0.15) is 34.2 Å². The molecule has 0 aliphatic carbocycles. The molecule has 138 valence electrons. The first-order valence-corrected chi connectivity index (χ1v) is 8.75. The number of aryl methyl sites for hydroxylation is 3. The maximum Gasteiger partial charge on any atom is 0.274 e. The lowest BCUT2D eigenvalue weighted by Crippen LogP contribution is -2.17. The highest BCUT2D eigenvalue weighted by Crippen LogP contribution is 2.22. The van der Waals surface area contributed by atoms with E-state index in [1.165, 1.54) is 6.07 Å². The van der Waals surface area contributed by atoms with Gasteiger partial charge in [0.1, 0.15) is 11.5 Å². The molecule has 0 spiro atoms. The van der Waals surface area contributed by atoms with Crippen LogP contribution in [-0.4, -0.2) is 15.9 Å². The number of anilines is 3. The predicted octanol–water partition coefficient (Wildman–Crippen LogP) is 4.79. The number of carbonyl (C=O) groups is 1. The Hall–Kier alpha value is -3.28. The van der Waals surface area contributed by atoms with Crippen molar-refractivity contribution in [1.29, 1.82) is 0 Å². The molecule has 0 aliphatic rings. The van der Waals surface area contributed by atoms with Crippen LogP contribution in [0.3, 0.4) is 0 Å². The Balaban J connectivity index is 1.88. The Labute approximate surface area is 157 Å². The molecule has 0 radical (unpaired) electrons. The maximum absolute atomic E-state index is 13.9. The lowest BCUT2D eigenvalue weighted by atomic mass is 10.1. The molecule has 27 heavy (non-hydrogen) atoms. The van der Waals surface area contributed by atoms with Crippen molar-refractivity contribution >= 4 is 23.2 Å². The largest absolute Gasteiger partial charge is 0.322 e. The summed E-state index contributed by atoms with van der Waals surface area (Å²) in [6.45, 7) is 5.75. The van der Waals surface area contributed by atoms with Gasteiger partial charge in [0.15, 0.2) is 0 Å². The first-order chi connectivity index (χ1) is 13.0. The number of hydrogen-bond donors (Lipinski definition) is 2. The molecule has 0 saturated heterocycles. The van der Waals surface area contributed by atoms with E-state index in [9.17, 15) is 9.18 Å². The van der Waals surface area contributed by atoms with Gasteiger partial charge in [-0.05, 0) is 49.6 Å². The Morgan fingerprint density at radius 3 is 2.59 bits per heavy atom. The number of hydrogen-bond acceptors (Lipinski definition) is 4. The van der Waals surface area contributed by atoms with Crippen molar-refractivity contribution in [2.75, 3.05) is 10.6 Å². The van der Waals surface area contributed by atoms with Crippen LogP contribution in [0.5, 0.6) is 0 Å². The summed E-state index contributed by atoms with van der Waals surface area (Å²) in [6, 6.07) is 13.7. The number of para-hydroxylation sites is 2. The fourth-order valence-corrected chi connectivity index (χ4v) is 2.80. The highest BCUT2D eigenvalue weighted by atomic mass is 19.1. The first kappa shape index (κ1) is 18.5. The number of nitrogens with zero attached hydrogens (tertiary/aromatic N) is 2. The molecule has 5 nitrogen and oxygen atoms in total. The molecular weight excluding hydrogens is 343 g/mol. The maximum atomic E-state index is 13.9. The Morgan fingerprint density at radius 2 is 1.85 bits per heavy atom. The SMILES string of the molecule is CCc1cccc(C)c1NC(=O)c1cc(C)nc(Nc2ccccc2F)n1. The summed E-state index contributed by atoms with van der Waals surface area (Å²) in [5.41, 5.74) is 3.91. The van der Waals surface area contributed by atoms with Gasteiger partial charge < -0.3 is 10.6 Å². The van der Waals surface area contributed by atoms with Crippen LogP contribution in [0.4, 0.5) is 21.7 Å². The monoisotopic (exact) mass is 364 g/mol. The van der Waals surface area contributed by atoms with E-state index < -0.39 is 5.82 Å². The van der Waals surface area contributed by atoms with E-state index in [1.54, 1.807) is 31.2 Å². The number of aromatic nitrogens is 2. The van der Waals surface area contributed by atoms with E-state index in [0.717, 1.165) is 23.2 Å². The predicted molar refractivity (Wildman–Crippen MR) is 105 cm³/mol. The molecule has 1 aromatic heterocycles. The molecule has 0 fully saturated rings. The molecule has 3 rings (SSSR count). The number of rotatable bonds is 5. The normalized spacial score (nSPS) is 10.5. The van der Waals surface area contributed by atoms with Crippen LogP contribution in [0, 0.1) is 19.7 Å². The van der Waals surface area contributed by atoms with Gasteiger partial charge in [-0.25, -0.2) is 14.4 Å². The topological polar surface area (TPSA) is 66.9 Å². The Bertz CT molecular complexity index is 988. The van der Waals surface area contributed by atoms with Crippen molar-refractivity contribution in [3.05, 3.63) is 76.9 Å². The Morgan fingerprint density at radius 1 is 1.07 bits per heavy atom. The fraction of sp³-hybridized carbons (Fsp3) is 0.190. The van der Waals surface area contributed by atoms with E-state index in [-0.39, 0.29) is 23.2 Å². The number of benzene rings is 2. The third-order valence-electron chi connectivity index (χ3n) is 4.19. The van der Waals surface area contributed by atoms with Gasteiger partial charge in [-0.3, -0.25) is 4.79 Å². The Kier molecular flexibility index (Phi) is 5.45. The zero-order chi connectivity index (χ0) is 19.4. The van der Waals surface area contributed by atoms with E-state index in [0.29, 0.717) is 5.69 Å². The summed E-state index contributed by atoms with van der Waals surface area (Å²) < 4.78 is 13.9. The molecular formula is C21H21FN4O. The van der Waals surface area contributed by atoms with Gasteiger partial charge in [-0.15, -0.1) is 0 Å². The molecule has 2 aromatic carbocycles. The van der Waals surface area contributed by atoms with Crippen molar-refractivity contribution in [3.8, 4) is 0 Å². The molecule has 1 amide bonds. The van der Waals surface area contributed by atoms with Crippen molar-refractivity contribution in [2.45, 2.75) is 27.2 Å². The summed E-state index contributed by atoms with van der Waals surface area (Å²) in [5, 5.41) is 5.77. The van der Waals surface area contributed by atoms with Crippen LogP contribution >= 0.6 is 0 Å². The van der Waals surface area contributed by atoms with Crippen molar-refractivity contribution in [3.63, 3.8) is 0 Å². The minimum absolute atomic E-state index is 0.172. The van der Waals surface area contributed by atoms with Gasteiger partial charge in [0.05, 0.1) is 5.69 Å². The molecule has 0 unspecified atom stereocenters. The zero-order valence-electron chi connectivity index (χ0n) is 15.5. The molecule has 3 aromatic rings. The average molecular weight is 364 g/mol. The van der Waals surface area contributed by atoms with Gasteiger partial charge in [0, 0.05) is 11.4 Å². The molecule has 0 aliphatic heterocycles. The summed E-state index contributed by atoms with van der Waals surface area (Å²) in [4.78, 5) is 21.2. The number of amides is 1. The third-order valence-corrected chi connectivity index (χ3v) is 4.19. The molecule has 6 heteroatoms. The van der Waals surface area contributed by atoms with E-state index in [4.69, 9.17) is 0 Å². The third kappa shape index (κ3) is 4.28. The number of carbonyl (C=O) groups excluding carboxylic acids is 1. The van der Waals surface area contributed by atoms with Crippen molar-refractivity contribution in [2.24, 2.45) is 0 Å². The molecule has 0 saturated carbocycles. The summed E-state index contributed by atoms with van der Waals surface area (Å²) >= 11 is 0. The number of nitrogens with one attached hydrogen (secondary N) is 2. The van der Waals surface area contributed by atoms with Gasteiger partial charge in [-0.1, -0.05) is 37.3 Å². The van der Waals surface area contributed by atoms with Gasteiger partial charge >= 0.3 is 0 Å². The zero-order valence-corrected chi connectivity index (χ0v) is 15.5.